The topological polar surface area (TPSA) is 120 Å². The Morgan fingerprint density at radius 1 is 1.15 bits per heavy atom. The smallest absolute Gasteiger partial charge is 0.334 e. The third kappa shape index (κ3) is 6.17. The lowest BCUT2D eigenvalue weighted by Crippen LogP contribution is -2.50. The second-order valence-electron chi connectivity index (χ2n) is 10.9. The normalized spacial score (nSPS) is 17.7. The van der Waals surface area contributed by atoms with Crippen LogP contribution in [0.2, 0.25) is 0 Å². The van der Waals surface area contributed by atoms with Gasteiger partial charge in [-0.2, -0.15) is 0 Å². The summed E-state index contributed by atoms with van der Waals surface area (Å²) in [6.07, 6.45) is -2.07. The Morgan fingerprint density at radius 2 is 1.82 bits per heavy atom. The Morgan fingerprint density at radius 3 is 2.44 bits per heavy atom. The molecule has 9 nitrogen and oxygen atoms in total. The number of hydrogen-bond acceptors (Lipinski definition) is 6. The highest BCUT2D eigenvalue weighted by molar-refractivity contribution is 7.91. The van der Waals surface area contributed by atoms with Gasteiger partial charge in [0.05, 0.1) is 39.9 Å². The first-order valence-corrected chi connectivity index (χ1v) is 14.5. The molecule has 1 unspecified atom stereocenters. The van der Waals surface area contributed by atoms with Crippen LogP contribution in [0.4, 0.5) is 8.78 Å². The van der Waals surface area contributed by atoms with E-state index >= 15 is 0 Å². The van der Waals surface area contributed by atoms with Gasteiger partial charge in [0.1, 0.15) is 22.2 Å². The minimum atomic E-state index is -3.11. The van der Waals surface area contributed by atoms with E-state index in [0.29, 0.717) is 29.6 Å². The van der Waals surface area contributed by atoms with Crippen LogP contribution in [0, 0.1) is 0 Å². The molecule has 12 heteroatoms. The number of ether oxygens (including phenoxy) is 1. The molecule has 0 aliphatic carbocycles. The zero-order valence-corrected chi connectivity index (χ0v) is 23.1. The van der Waals surface area contributed by atoms with E-state index in [4.69, 9.17) is 4.74 Å². The number of carbonyl (C=O) groups excluding carboxylic acids is 1. The molecule has 2 heterocycles. The molecular formula is C27H33F2N3O6S. The zero-order chi connectivity index (χ0) is 28.8. The largest absolute Gasteiger partial charge is 0.488 e. The monoisotopic (exact) mass is 565 g/mol. The molecule has 1 aromatic heterocycles. The van der Waals surface area contributed by atoms with Crippen LogP contribution in [-0.4, -0.2) is 64.2 Å². The Balaban J connectivity index is 1.79. The van der Waals surface area contributed by atoms with Gasteiger partial charge in [0.2, 0.25) is 0 Å². The summed E-state index contributed by atoms with van der Waals surface area (Å²) in [5.41, 5.74) is -1.03. The van der Waals surface area contributed by atoms with E-state index in [1.165, 1.54) is 21.3 Å². The minimum absolute atomic E-state index is 0.00556. The van der Waals surface area contributed by atoms with Crippen molar-refractivity contribution < 1.29 is 31.8 Å². The molecule has 4 rings (SSSR count). The first-order valence-electron chi connectivity index (χ1n) is 12.6. The number of nitrogens with zero attached hydrogens (tertiary/aromatic N) is 2. The van der Waals surface area contributed by atoms with Crippen LogP contribution in [0.5, 0.6) is 5.75 Å². The van der Waals surface area contributed by atoms with E-state index in [1.54, 1.807) is 51.1 Å². The van der Waals surface area contributed by atoms with Crippen molar-refractivity contribution in [2.24, 2.45) is 0 Å². The first kappa shape index (κ1) is 28.8. The van der Waals surface area contributed by atoms with Crippen LogP contribution >= 0.6 is 0 Å². The van der Waals surface area contributed by atoms with Crippen molar-refractivity contribution >= 4 is 26.8 Å². The summed E-state index contributed by atoms with van der Waals surface area (Å²) in [7, 11) is -3.11. The van der Waals surface area contributed by atoms with Gasteiger partial charge in [-0.1, -0.05) is 6.07 Å². The van der Waals surface area contributed by atoms with E-state index in [0.717, 1.165) is 0 Å². The molecular weight excluding hydrogens is 532 g/mol. The number of rotatable bonds is 8. The zero-order valence-electron chi connectivity index (χ0n) is 22.3. The van der Waals surface area contributed by atoms with Crippen molar-refractivity contribution in [3.8, 4) is 11.4 Å². The number of alkyl halides is 2. The van der Waals surface area contributed by atoms with Gasteiger partial charge < -0.3 is 15.2 Å². The summed E-state index contributed by atoms with van der Waals surface area (Å²) in [6, 6.07) is 10.2. The van der Waals surface area contributed by atoms with Gasteiger partial charge in [0, 0.05) is 17.2 Å². The summed E-state index contributed by atoms with van der Waals surface area (Å²) in [6.45, 7) is 5.84. The highest BCUT2D eigenvalue weighted by atomic mass is 32.2. The fraction of sp³-hybridized carbons (Fsp3) is 0.481. The summed E-state index contributed by atoms with van der Waals surface area (Å²) in [4.78, 5) is 27.0. The first-order chi connectivity index (χ1) is 18.1. The van der Waals surface area contributed by atoms with Crippen molar-refractivity contribution in [2.45, 2.75) is 64.1 Å². The number of benzene rings is 2. The number of halogens is 2. The number of fused-ring (bicyclic) bond motifs is 1. The predicted octanol–water partition coefficient (Wildman–Crippen LogP) is 3.47. The van der Waals surface area contributed by atoms with Gasteiger partial charge in [-0.3, -0.25) is 13.9 Å². The second kappa shape index (κ2) is 10.4. The van der Waals surface area contributed by atoms with Crippen LogP contribution in [0.3, 0.4) is 0 Å². The standard InChI is InChI=1S/C27H33F2N3O6S/c1-17(26(2,3)35)31-22-14-18(24(33)30-27(4)10-12-39(36,37)13-11-27)8-9-21(22)32(25(31)34)19-6-5-7-20(15-19)38-16-23(28)29/h5-9,14-15,17,23,35H,10-13,16H2,1-4H3,(H,30,33). The molecule has 3 aromatic rings. The van der Waals surface area contributed by atoms with E-state index < -0.39 is 51.6 Å². The number of imidazole rings is 1. The Hall–Kier alpha value is -3.25. The molecule has 1 fully saturated rings. The fourth-order valence-corrected chi connectivity index (χ4v) is 6.36. The van der Waals surface area contributed by atoms with E-state index in [-0.39, 0.29) is 22.8 Å². The van der Waals surface area contributed by atoms with E-state index in [1.807, 2.05) is 6.92 Å². The second-order valence-corrected chi connectivity index (χ2v) is 13.2. The van der Waals surface area contributed by atoms with Crippen LogP contribution in [-0.2, 0) is 9.84 Å². The summed E-state index contributed by atoms with van der Waals surface area (Å²) in [5.74, 6) is -0.262. The maximum Gasteiger partial charge on any atom is 0.334 e. The van der Waals surface area contributed by atoms with Crippen LogP contribution in [0.25, 0.3) is 16.7 Å². The Bertz CT molecular complexity index is 1540. The van der Waals surface area contributed by atoms with Crippen molar-refractivity contribution in [3.63, 3.8) is 0 Å². The third-order valence-corrected chi connectivity index (χ3v) is 8.99. The Kier molecular flexibility index (Phi) is 7.65. The van der Waals surface area contributed by atoms with Crippen molar-refractivity contribution in [1.29, 1.82) is 0 Å². The number of aliphatic hydroxyl groups is 1. The van der Waals surface area contributed by atoms with Crippen LogP contribution in [0.15, 0.2) is 47.3 Å². The summed E-state index contributed by atoms with van der Waals surface area (Å²) >= 11 is 0. The van der Waals surface area contributed by atoms with Crippen molar-refractivity contribution in [3.05, 3.63) is 58.5 Å². The lowest BCUT2D eigenvalue weighted by Gasteiger charge is -2.34. The lowest BCUT2D eigenvalue weighted by molar-refractivity contribution is 0.0307. The van der Waals surface area contributed by atoms with Gasteiger partial charge in [-0.15, -0.1) is 0 Å². The molecule has 212 valence electrons. The summed E-state index contributed by atoms with van der Waals surface area (Å²) < 4.78 is 56.9. The quantitative estimate of drug-likeness (QED) is 0.432. The lowest BCUT2D eigenvalue weighted by atomic mass is 9.94. The third-order valence-electron chi connectivity index (χ3n) is 7.34. The van der Waals surface area contributed by atoms with Gasteiger partial charge in [0.25, 0.3) is 12.3 Å². The number of nitrogens with one attached hydrogen (secondary N) is 1. The molecule has 1 saturated heterocycles. The molecule has 39 heavy (non-hydrogen) atoms. The molecule has 0 spiro atoms. The van der Waals surface area contributed by atoms with Crippen LogP contribution in [0.1, 0.15) is 56.9 Å². The van der Waals surface area contributed by atoms with Gasteiger partial charge in [-0.05, 0) is 70.9 Å². The number of carbonyl (C=O) groups is 1. The fourth-order valence-electron chi connectivity index (χ4n) is 4.63. The van der Waals surface area contributed by atoms with Gasteiger partial charge in [-0.25, -0.2) is 22.0 Å². The van der Waals surface area contributed by atoms with Crippen LogP contribution < -0.4 is 15.7 Å². The number of aromatic nitrogens is 2. The molecule has 2 aromatic carbocycles. The maximum absolute atomic E-state index is 13.8. The van der Waals surface area contributed by atoms with E-state index in [2.05, 4.69) is 5.32 Å². The van der Waals surface area contributed by atoms with Crippen molar-refractivity contribution in [1.82, 2.24) is 14.5 Å². The minimum Gasteiger partial charge on any atom is -0.488 e. The molecule has 0 radical (unpaired) electrons. The molecule has 0 bridgehead atoms. The Labute approximate surface area is 225 Å². The molecule has 1 amide bonds. The molecule has 0 saturated carbocycles. The average Bonchev–Trinajstić information content (AvgIpc) is 3.14. The molecule has 1 aliphatic heterocycles. The number of hydrogen-bond donors (Lipinski definition) is 2. The SMILES string of the molecule is CC(n1c(=O)n(-c2cccc(OCC(F)F)c2)c2ccc(C(=O)NC3(C)CCS(=O)(=O)CC3)cc21)C(C)(C)O. The molecule has 2 N–H and O–H groups in total. The predicted molar refractivity (Wildman–Crippen MR) is 144 cm³/mol. The van der Waals surface area contributed by atoms with E-state index in [9.17, 15) is 31.9 Å². The number of amides is 1. The molecule has 1 atom stereocenters. The molecule has 1 aliphatic rings. The highest BCUT2D eigenvalue weighted by Gasteiger charge is 2.35. The summed E-state index contributed by atoms with van der Waals surface area (Å²) in [5, 5.41) is 13.7. The number of sulfone groups is 1. The average molecular weight is 566 g/mol. The van der Waals surface area contributed by atoms with Gasteiger partial charge >= 0.3 is 5.69 Å². The maximum atomic E-state index is 13.8. The van der Waals surface area contributed by atoms with Crippen molar-refractivity contribution in [2.75, 3.05) is 18.1 Å². The van der Waals surface area contributed by atoms with Gasteiger partial charge in [0.15, 0.2) is 0 Å². The highest BCUT2D eigenvalue weighted by Crippen LogP contribution is 2.29.